The van der Waals surface area contributed by atoms with Crippen LogP contribution in [0.5, 0.6) is 5.75 Å². The summed E-state index contributed by atoms with van der Waals surface area (Å²) in [6.45, 7) is 5.31. The second kappa shape index (κ2) is 8.60. The van der Waals surface area contributed by atoms with Crippen molar-refractivity contribution in [1.29, 1.82) is 0 Å². The molecule has 0 saturated carbocycles. The van der Waals surface area contributed by atoms with Crippen molar-refractivity contribution in [3.8, 4) is 5.75 Å². The molecule has 2 aromatic heterocycles. The molecular weight excluding hydrogens is 502 g/mol. The molecule has 10 heteroatoms. The number of nitrogens with two attached hydrogens (primary N) is 1. The predicted molar refractivity (Wildman–Crippen MR) is 120 cm³/mol. The van der Waals surface area contributed by atoms with Crippen molar-refractivity contribution in [2.75, 3.05) is 18.9 Å². The highest BCUT2D eigenvalue weighted by molar-refractivity contribution is 14.1. The highest BCUT2D eigenvalue weighted by atomic mass is 127. The van der Waals surface area contributed by atoms with Crippen LogP contribution in [0.15, 0.2) is 12.1 Å². The van der Waals surface area contributed by atoms with Gasteiger partial charge in [-0.3, -0.25) is 0 Å². The number of hydrogen-bond acceptors (Lipinski definition) is 7. The molecule has 3 heterocycles. The summed E-state index contributed by atoms with van der Waals surface area (Å²) in [7, 11) is 0. The van der Waals surface area contributed by atoms with Crippen LogP contribution in [-0.4, -0.2) is 49.9 Å². The maximum atomic E-state index is 13.9. The van der Waals surface area contributed by atoms with Gasteiger partial charge >= 0.3 is 6.08 Å². The third-order valence-electron chi connectivity index (χ3n) is 5.04. The van der Waals surface area contributed by atoms with Crippen LogP contribution in [0.4, 0.5) is 10.2 Å². The van der Waals surface area contributed by atoms with Crippen molar-refractivity contribution in [3.63, 3.8) is 0 Å². The van der Waals surface area contributed by atoms with E-state index >= 15 is 0 Å². The van der Waals surface area contributed by atoms with Crippen LogP contribution in [0.25, 0.3) is 11.2 Å². The van der Waals surface area contributed by atoms with E-state index in [2.05, 4.69) is 48.9 Å². The van der Waals surface area contributed by atoms with Gasteiger partial charge in [0.15, 0.2) is 17.0 Å². The number of nitrogens with zero attached hydrogens (tertiary/aromatic N) is 4. The summed E-state index contributed by atoms with van der Waals surface area (Å²) in [5, 5.41) is 13.7. The number of benzene rings is 1. The Bertz CT molecular complexity index is 1090. The minimum atomic E-state index is -0.910. The summed E-state index contributed by atoms with van der Waals surface area (Å²) in [4.78, 5) is 12.1. The minimum absolute atomic E-state index is 0.00987. The Kier molecular flexibility index (Phi) is 6.07. The van der Waals surface area contributed by atoms with E-state index < -0.39 is 12.2 Å². The van der Waals surface area contributed by atoms with Crippen LogP contribution in [0.3, 0.4) is 0 Å². The number of aromatic nitrogens is 4. The second-order valence-corrected chi connectivity index (χ2v) is 8.89. The molecule has 4 rings (SSSR count). The summed E-state index contributed by atoms with van der Waals surface area (Å²) in [6, 6.07) is 4.39. The standard InChI is InChI=1S/C20H24FIN6O2/c1-10(2)24-8-13(29)9-28-16(25-17-18(23)26-20(21)27-19(17)28)6-12-5-11-3-4-30-15(11)7-14(12)22/h5,7,10,13,24,29H,3-4,6,8-9H2,1-2H3,(H2,23,26,27). The van der Waals surface area contributed by atoms with Crippen molar-refractivity contribution in [3.05, 3.63) is 38.7 Å². The second-order valence-electron chi connectivity index (χ2n) is 7.73. The SMILES string of the molecule is CC(C)NCC(O)Cn1c(Cc2cc3c(cc2I)OCC3)nc2c(N)nc(F)nc21. The molecular formula is C20H24FIN6O2. The topological polar surface area (TPSA) is 111 Å². The van der Waals surface area contributed by atoms with Crippen LogP contribution >= 0.6 is 22.6 Å². The van der Waals surface area contributed by atoms with E-state index in [-0.39, 0.29) is 24.1 Å². The molecule has 30 heavy (non-hydrogen) atoms. The van der Waals surface area contributed by atoms with E-state index in [1.54, 1.807) is 4.57 Å². The third kappa shape index (κ3) is 4.35. The Morgan fingerprint density at radius 2 is 2.13 bits per heavy atom. The fraction of sp³-hybridized carbons (Fsp3) is 0.450. The number of aliphatic hydroxyl groups is 1. The maximum Gasteiger partial charge on any atom is 0.312 e. The van der Waals surface area contributed by atoms with Gasteiger partial charge in [-0.25, -0.2) is 4.98 Å². The molecule has 0 spiro atoms. The molecule has 1 aliphatic rings. The summed E-state index contributed by atoms with van der Waals surface area (Å²) in [5.74, 6) is 1.56. The Balaban J connectivity index is 1.72. The summed E-state index contributed by atoms with van der Waals surface area (Å²) >= 11 is 2.28. The lowest BCUT2D eigenvalue weighted by Gasteiger charge is -2.17. The maximum absolute atomic E-state index is 13.9. The number of rotatable bonds is 7. The van der Waals surface area contributed by atoms with Crippen molar-refractivity contribution >= 4 is 39.6 Å². The third-order valence-corrected chi connectivity index (χ3v) is 6.04. The molecule has 0 amide bonds. The van der Waals surface area contributed by atoms with Crippen LogP contribution in [0, 0.1) is 9.65 Å². The van der Waals surface area contributed by atoms with Gasteiger partial charge < -0.3 is 25.5 Å². The molecule has 1 atom stereocenters. The minimum Gasteiger partial charge on any atom is -0.493 e. The molecule has 160 valence electrons. The zero-order chi connectivity index (χ0) is 21.4. The van der Waals surface area contributed by atoms with Gasteiger partial charge in [0.25, 0.3) is 0 Å². The number of hydrogen-bond donors (Lipinski definition) is 3. The van der Waals surface area contributed by atoms with E-state index in [0.717, 1.165) is 21.3 Å². The number of imidazole rings is 1. The smallest absolute Gasteiger partial charge is 0.312 e. The van der Waals surface area contributed by atoms with E-state index in [4.69, 9.17) is 10.5 Å². The van der Waals surface area contributed by atoms with Gasteiger partial charge in [-0.2, -0.15) is 14.4 Å². The first-order valence-corrected chi connectivity index (χ1v) is 10.9. The highest BCUT2D eigenvalue weighted by Gasteiger charge is 2.21. The van der Waals surface area contributed by atoms with Gasteiger partial charge in [-0.15, -0.1) is 0 Å². The van der Waals surface area contributed by atoms with Crippen molar-refractivity contribution in [2.24, 2.45) is 0 Å². The lowest BCUT2D eigenvalue weighted by Crippen LogP contribution is -2.34. The molecule has 0 radical (unpaired) electrons. The van der Waals surface area contributed by atoms with E-state index in [0.29, 0.717) is 30.9 Å². The molecule has 1 aliphatic heterocycles. The first-order chi connectivity index (χ1) is 14.3. The van der Waals surface area contributed by atoms with Crippen LogP contribution in [0.1, 0.15) is 30.8 Å². The van der Waals surface area contributed by atoms with Crippen molar-refractivity contribution in [1.82, 2.24) is 24.8 Å². The van der Waals surface area contributed by atoms with Gasteiger partial charge in [0.2, 0.25) is 0 Å². The first-order valence-electron chi connectivity index (χ1n) is 9.85. The molecule has 3 aromatic rings. The van der Waals surface area contributed by atoms with Crippen molar-refractivity contribution < 1.29 is 14.2 Å². The van der Waals surface area contributed by atoms with Gasteiger partial charge in [0.1, 0.15) is 11.6 Å². The van der Waals surface area contributed by atoms with E-state index in [9.17, 15) is 9.50 Å². The summed E-state index contributed by atoms with van der Waals surface area (Å²) < 4.78 is 22.3. The summed E-state index contributed by atoms with van der Waals surface area (Å²) in [6.07, 6.45) is -0.242. The van der Waals surface area contributed by atoms with Gasteiger partial charge in [-0.05, 0) is 39.8 Å². The quantitative estimate of drug-likeness (QED) is 0.319. The monoisotopic (exact) mass is 526 g/mol. The number of halogens is 2. The average Bonchev–Trinajstić information content (AvgIpc) is 3.25. The molecule has 1 unspecified atom stereocenters. The highest BCUT2D eigenvalue weighted by Crippen LogP contribution is 2.31. The number of aliphatic hydroxyl groups excluding tert-OH is 1. The zero-order valence-electron chi connectivity index (χ0n) is 16.8. The molecule has 0 fully saturated rings. The van der Waals surface area contributed by atoms with Crippen molar-refractivity contribution in [2.45, 2.75) is 45.4 Å². The van der Waals surface area contributed by atoms with E-state index in [1.165, 1.54) is 5.56 Å². The number of fused-ring (bicyclic) bond motifs is 2. The number of nitrogen functional groups attached to an aromatic ring is 1. The van der Waals surface area contributed by atoms with E-state index in [1.807, 2.05) is 19.9 Å². The molecule has 0 aliphatic carbocycles. The van der Waals surface area contributed by atoms with Crippen LogP contribution in [0.2, 0.25) is 0 Å². The number of ether oxygens (including phenoxy) is 1. The van der Waals surface area contributed by atoms with Crippen LogP contribution in [-0.2, 0) is 19.4 Å². The lowest BCUT2D eigenvalue weighted by atomic mass is 10.1. The molecule has 1 aromatic carbocycles. The first kappa shape index (κ1) is 21.2. The average molecular weight is 526 g/mol. The molecule has 8 nitrogen and oxygen atoms in total. The Morgan fingerprint density at radius 1 is 1.33 bits per heavy atom. The number of nitrogens with one attached hydrogen (secondary N) is 1. The number of anilines is 1. The van der Waals surface area contributed by atoms with Gasteiger partial charge in [-0.1, -0.05) is 19.9 Å². The molecule has 0 saturated heterocycles. The Morgan fingerprint density at radius 3 is 2.90 bits per heavy atom. The molecule has 4 N–H and O–H groups in total. The van der Waals surface area contributed by atoms with Crippen LogP contribution < -0.4 is 15.8 Å². The fourth-order valence-corrected chi connectivity index (χ4v) is 4.20. The zero-order valence-corrected chi connectivity index (χ0v) is 19.0. The Hall–Kier alpha value is -2.05. The fourth-order valence-electron chi connectivity index (χ4n) is 3.57. The largest absolute Gasteiger partial charge is 0.493 e. The van der Waals surface area contributed by atoms with Gasteiger partial charge in [0.05, 0.1) is 19.3 Å². The Labute approximate surface area is 187 Å². The summed E-state index contributed by atoms with van der Waals surface area (Å²) in [5.41, 5.74) is 8.79. The lowest BCUT2D eigenvalue weighted by molar-refractivity contribution is 0.149. The van der Waals surface area contributed by atoms with Gasteiger partial charge in [0, 0.05) is 29.0 Å². The normalized spacial score (nSPS) is 14.3. The molecule has 0 bridgehead atoms. The predicted octanol–water partition coefficient (Wildman–Crippen LogP) is 2.04.